The lowest BCUT2D eigenvalue weighted by molar-refractivity contribution is -0.154. The zero-order chi connectivity index (χ0) is 9.68. The largest absolute Gasteiger partial charge is 0.465 e. The van der Waals surface area contributed by atoms with Crippen molar-refractivity contribution in [2.24, 2.45) is 5.92 Å². The average molecular weight is 184 g/mol. The number of rotatable bonds is 4. The van der Waals surface area contributed by atoms with Gasteiger partial charge in [-0.05, 0) is 19.3 Å². The summed E-state index contributed by atoms with van der Waals surface area (Å²) in [4.78, 5) is 22.4. The molecule has 1 aliphatic heterocycles. The predicted octanol–water partition coefficient (Wildman–Crippen LogP) is 1.70. The van der Waals surface area contributed by atoms with E-state index in [0.717, 1.165) is 19.3 Å². The summed E-state index contributed by atoms with van der Waals surface area (Å²) in [6.45, 7) is 2.49. The van der Waals surface area contributed by atoms with Gasteiger partial charge in [-0.2, -0.15) is 0 Å². The number of carbonyl (C=O) groups excluding carboxylic acids is 2. The van der Waals surface area contributed by atoms with Crippen molar-refractivity contribution in [1.82, 2.24) is 0 Å². The van der Waals surface area contributed by atoms with Gasteiger partial charge in [0.25, 0.3) is 0 Å². The third-order valence-electron chi connectivity index (χ3n) is 2.28. The molecule has 0 saturated carbocycles. The van der Waals surface area contributed by atoms with Gasteiger partial charge in [-0.15, -0.1) is 0 Å². The highest BCUT2D eigenvalue weighted by atomic mass is 16.5. The summed E-state index contributed by atoms with van der Waals surface area (Å²) in [5.74, 6) is -0.158. The van der Waals surface area contributed by atoms with Crippen LogP contribution in [0.4, 0.5) is 0 Å². The minimum Gasteiger partial charge on any atom is -0.465 e. The maximum atomic E-state index is 11.2. The van der Waals surface area contributed by atoms with Crippen LogP contribution >= 0.6 is 0 Å². The Hall–Kier alpha value is -0.860. The standard InChI is InChI=1S/C10H16O3/c1-2-4-9(11)7-8-5-3-6-13-10(8)12/h8H,2-7H2,1H3. The van der Waals surface area contributed by atoms with Gasteiger partial charge in [0.2, 0.25) is 0 Å². The Morgan fingerprint density at radius 1 is 1.62 bits per heavy atom. The van der Waals surface area contributed by atoms with Crippen LogP contribution in [0.1, 0.15) is 39.0 Å². The lowest BCUT2D eigenvalue weighted by Gasteiger charge is -2.19. The Balaban J connectivity index is 2.33. The molecule has 0 aliphatic carbocycles. The van der Waals surface area contributed by atoms with Gasteiger partial charge < -0.3 is 4.74 Å². The molecule has 74 valence electrons. The zero-order valence-corrected chi connectivity index (χ0v) is 8.04. The predicted molar refractivity (Wildman–Crippen MR) is 48.2 cm³/mol. The van der Waals surface area contributed by atoms with E-state index in [1.807, 2.05) is 6.92 Å². The highest BCUT2D eigenvalue weighted by molar-refractivity contribution is 5.84. The van der Waals surface area contributed by atoms with E-state index >= 15 is 0 Å². The fourth-order valence-corrected chi connectivity index (χ4v) is 1.58. The summed E-state index contributed by atoms with van der Waals surface area (Å²) >= 11 is 0. The second kappa shape index (κ2) is 5.00. The minimum atomic E-state index is -0.185. The van der Waals surface area contributed by atoms with E-state index in [9.17, 15) is 9.59 Å². The second-order valence-electron chi connectivity index (χ2n) is 3.50. The molecule has 3 heteroatoms. The van der Waals surface area contributed by atoms with Crippen LogP contribution in [0.15, 0.2) is 0 Å². The van der Waals surface area contributed by atoms with Crippen LogP contribution in [-0.2, 0) is 14.3 Å². The molecule has 3 nitrogen and oxygen atoms in total. The molecule has 0 aromatic heterocycles. The Morgan fingerprint density at radius 2 is 2.38 bits per heavy atom. The molecular formula is C10H16O3. The van der Waals surface area contributed by atoms with Crippen LogP contribution in [0.25, 0.3) is 0 Å². The molecule has 0 amide bonds. The number of hydrogen-bond donors (Lipinski definition) is 0. The van der Waals surface area contributed by atoms with Crippen molar-refractivity contribution in [1.29, 1.82) is 0 Å². The van der Waals surface area contributed by atoms with Crippen LogP contribution in [0.2, 0.25) is 0 Å². The van der Waals surface area contributed by atoms with Crippen LogP contribution < -0.4 is 0 Å². The number of cyclic esters (lactones) is 1. The third-order valence-corrected chi connectivity index (χ3v) is 2.28. The van der Waals surface area contributed by atoms with Crippen molar-refractivity contribution in [3.05, 3.63) is 0 Å². The molecule has 1 aliphatic rings. The van der Waals surface area contributed by atoms with E-state index in [1.165, 1.54) is 0 Å². The highest BCUT2D eigenvalue weighted by Crippen LogP contribution is 2.19. The van der Waals surface area contributed by atoms with Gasteiger partial charge in [0.1, 0.15) is 5.78 Å². The van der Waals surface area contributed by atoms with Gasteiger partial charge in [0.05, 0.1) is 12.5 Å². The molecule has 1 rings (SSSR count). The van der Waals surface area contributed by atoms with Crippen molar-refractivity contribution < 1.29 is 14.3 Å². The number of ether oxygens (including phenoxy) is 1. The van der Waals surface area contributed by atoms with Crippen LogP contribution in [0, 0.1) is 5.92 Å². The fourth-order valence-electron chi connectivity index (χ4n) is 1.58. The molecule has 0 radical (unpaired) electrons. The number of ketones is 1. The van der Waals surface area contributed by atoms with Gasteiger partial charge in [0, 0.05) is 12.8 Å². The van der Waals surface area contributed by atoms with E-state index in [1.54, 1.807) is 0 Å². The Morgan fingerprint density at radius 3 is 3.00 bits per heavy atom. The maximum absolute atomic E-state index is 11.2. The first-order chi connectivity index (χ1) is 6.24. The monoisotopic (exact) mass is 184 g/mol. The number of hydrogen-bond acceptors (Lipinski definition) is 3. The molecule has 0 aromatic rings. The van der Waals surface area contributed by atoms with Crippen LogP contribution in [0.5, 0.6) is 0 Å². The van der Waals surface area contributed by atoms with Gasteiger partial charge in [-0.1, -0.05) is 6.92 Å². The Bertz CT molecular complexity index is 198. The topological polar surface area (TPSA) is 43.4 Å². The van der Waals surface area contributed by atoms with E-state index in [0.29, 0.717) is 19.4 Å². The molecule has 0 bridgehead atoms. The van der Waals surface area contributed by atoms with Crippen LogP contribution in [0.3, 0.4) is 0 Å². The van der Waals surface area contributed by atoms with Gasteiger partial charge in [-0.25, -0.2) is 0 Å². The number of esters is 1. The van der Waals surface area contributed by atoms with Gasteiger partial charge in [0.15, 0.2) is 0 Å². The van der Waals surface area contributed by atoms with Gasteiger partial charge in [-0.3, -0.25) is 9.59 Å². The lowest BCUT2D eigenvalue weighted by atomic mass is 9.94. The van der Waals surface area contributed by atoms with E-state index in [2.05, 4.69) is 0 Å². The minimum absolute atomic E-state index is 0.159. The molecule has 0 aromatic carbocycles. The average Bonchev–Trinajstić information content (AvgIpc) is 2.09. The van der Waals surface area contributed by atoms with Crippen molar-refractivity contribution >= 4 is 11.8 Å². The lowest BCUT2D eigenvalue weighted by Crippen LogP contribution is -2.26. The molecule has 13 heavy (non-hydrogen) atoms. The van der Waals surface area contributed by atoms with E-state index < -0.39 is 0 Å². The Labute approximate surface area is 78.5 Å². The summed E-state index contributed by atoms with van der Waals surface area (Å²) in [5, 5.41) is 0. The normalized spacial score (nSPS) is 22.5. The zero-order valence-electron chi connectivity index (χ0n) is 8.04. The summed E-state index contributed by atoms with van der Waals surface area (Å²) in [7, 11) is 0. The summed E-state index contributed by atoms with van der Waals surface area (Å²) in [5.41, 5.74) is 0. The van der Waals surface area contributed by atoms with Crippen molar-refractivity contribution in [2.75, 3.05) is 6.61 Å². The quantitative estimate of drug-likeness (QED) is 0.624. The number of carbonyl (C=O) groups is 2. The molecule has 1 unspecified atom stereocenters. The summed E-state index contributed by atoms with van der Waals surface area (Å²) in [6, 6.07) is 0. The van der Waals surface area contributed by atoms with Crippen molar-refractivity contribution in [3.8, 4) is 0 Å². The van der Waals surface area contributed by atoms with Crippen molar-refractivity contribution in [3.63, 3.8) is 0 Å². The van der Waals surface area contributed by atoms with E-state index in [4.69, 9.17) is 4.74 Å². The van der Waals surface area contributed by atoms with E-state index in [-0.39, 0.29) is 17.7 Å². The third kappa shape index (κ3) is 3.17. The molecule has 0 N–H and O–H groups in total. The molecule has 1 saturated heterocycles. The first-order valence-corrected chi connectivity index (χ1v) is 4.92. The SMILES string of the molecule is CCCC(=O)CC1CCCOC1=O. The number of Topliss-reactive ketones (excluding diaryl/α,β-unsaturated/α-hetero) is 1. The summed E-state index contributed by atoms with van der Waals surface area (Å²) in [6.07, 6.45) is 3.54. The second-order valence-corrected chi connectivity index (χ2v) is 3.50. The maximum Gasteiger partial charge on any atom is 0.309 e. The first-order valence-electron chi connectivity index (χ1n) is 4.92. The molecule has 0 spiro atoms. The van der Waals surface area contributed by atoms with Crippen LogP contribution in [-0.4, -0.2) is 18.4 Å². The van der Waals surface area contributed by atoms with Crippen molar-refractivity contribution in [2.45, 2.75) is 39.0 Å². The molecule has 1 fully saturated rings. The Kier molecular flexibility index (Phi) is 3.93. The molecular weight excluding hydrogens is 168 g/mol. The molecule has 1 heterocycles. The summed E-state index contributed by atoms with van der Waals surface area (Å²) < 4.78 is 4.88. The molecule has 1 atom stereocenters. The van der Waals surface area contributed by atoms with Gasteiger partial charge >= 0.3 is 5.97 Å². The fraction of sp³-hybridized carbons (Fsp3) is 0.800. The smallest absolute Gasteiger partial charge is 0.309 e. The highest BCUT2D eigenvalue weighted by Gasteiger charge is 2.25. The first kappa shape index (κ1) is 10.2.